The van der Waals surface area contributed by atoms with E-state index in [-0.39, 0.29) is 0 Å². The molecule has 1 unspecified atom stereocenters. The molecule has 0 aromatic heterocycles. The first kappa shape index (κ1) is 10.9. The third-order valence-corrected chi connectivity index (χ3v) is 2.32. The molecule has 0 heterocycles. The summed E-state index contributed by atoms with van der Waals surface area (Å²) in [5, 5.41) is 3.17. The van der Waals surface area contributed by atoms with E-state index in [4.69, 9.17) is 0 Å². The fourth-order valence-electron chi connectivity index (χ4n) is 1.07. The molecule has 0 saturated carbocycles. The van der Waals surface area contributed by atoms with E-state index in [1.165, 1.54) is 6.42 Å². The van der Waals surface area contributed by atoms with Crippen LogP contribution in [-0.2, 0) is 0 Å². The molecule has 0 bridgehead atoms. The third kappa shape index (κ3) is 4.38. The fraction of sp³-hybridized carbons (Fsp3) is 1.00. The highest BCUT2D eigenvalue weighted by Crippen LogP contribution is 2.04. The van der Waals surface area contributed by atoms with Gasteiger partial charge in [-0.1, -0.05) is 0 Å². The summed E-state index contributed by atoms with van der Waals surface area (Å²) in [6.07, 6.45) is 1.23. The van der Waals surface area contributed by atoms with Crippen molar-refractivity contribution in [1.29, 1.82) is 0 Å². The van der Waals surface area contributed by atoms with Crippen LogP contribution >= 0.6 is 0 Å². The molecular formula is C9H22N2. The second-order valence-electron chi connectivity index (χ2n) is 3.50. The molecule has 0 fully saturated rings. The fourth-order valence-corrected chi connectivity index (χ4v) is 1.07. The van der Waals surface area contributed by atoms with Gasteiger partial charge in [-0.25, -0.2) is 0 Å². The Morgan fingerprint density at radius 1 is 1.27 bits per heavy atom. The van der Waals surface area contributed by atoms with E-state index in [9.17, 15) is 0 Å². The number of nitrogens with zero attached hydrogens (tertiary/aromatic N) is 1. The van der Waals surface area contributed by atoms with Gasteiger partial charge in [0.1, 0.15) is 0 Å². The van der Waals surface area contributed by atoms with Crippen molar-refractivity contribution < 1.29 is 0 Å². The predicted molar refractivity (Wildman–Crippen MR) is 50.9 cm³/mol. The van der Waals surface area contributed by atoms with Crippen LogP contribution in [0.2, 0.25) is 0 Å². The smallest absolute Gasteiger partial charge is 0.00786 e. The average molecular weight is 158 g/mol. The molecule has 0 rings (SSSR count). The molecule has 0 aliphatic carbocycles. The zero-order chi connectivity index (χ0) is 8.85. The summed E-state index contributed by atoms with van der Waals surface area (Å²) in [4.78, 5) is 2.40. The van der Waals surface area contributed by atoms with Crippen molar-refractivity contribution in [3.05, 3.63) is 0 Å². The highest BCUT2D eigenvalue weighted by molar-refractivity contribution is 4.67. The van der Waals surface area contributed by atoms with Crippen molar-refractivity contribution in [3.8, 4) is 0 Å². The van der Waals surface area contributed by atoms with Crippen molar-refractivity contribution >= 4 is 0 Å². The number of nitrogens with one attached hydrogen (secondary N) is 1. The van der Waals surface area contributed by atoms with Crippen LogP contribution in [0, 0.1) is 0 Å². The minimum Gasteiger partial charge on any atom is -0.320 e. The largest absolute Gasteiger partial charge is 0.320 e. The molecule has 2 nitrogen and oxygen atoms in total. The lowest BCUT2D eigenvalue weighted by molar-refractivity contribution is 0.199. The van der Waals surface area contributed by atoms with Crippen LogP contribution in [0.15, 0.2) is 0 Å². The van der Waals surface area contributed by atoms with Crippen LogP contribution in [0.5, 0.6) is 0 Å². The summed E-state index contributed by atoms with van der Waals surface area (Å²) in [6, 6.07) is 1.34. The van der Waals surface area contributed by atoms with Gasteiger partial charge in [0.15, 0.2) is 0 Å². The van der Waals surface area contributed by atoms with E-state index in [2.05, 4.69) is 38.0 Å². The van der Waals surface area contributed by atoms with Crippen LogP contribution in [0.1, 0.15) is 27.2 Å². The molecule has 0 aromatic carbocycles. The topological polar surface area (TPSA) is 15.3 Å². The molecular weight excluding hydrogens is 136 g/mol. The Hall–Kier alpha value is -0.0800. The van der Waals surface area contributed by atoms with Crippen LogP contribution in [-0.4, -0.2) is 37.6 Å². The van der Waals surface area contributed by atoms with Gasteiger partial charge in [0.25, 0.3) is 0 Å². The lowest BCUT2D eigenvalue weighted by Crippen LogP contribution is -2.36. The normalized spacial score (nSPS) is 14.5. The minimum atomic E-state index is 0.654. The van der Waals surface area contributed by atoms with E-state index in [0.717, 1.165) is 6.54 Å². The molecule has 68 valence electrons. The van der Waals surface area contributed by atoms with Gasteiger partial charge in [0.2, 0.25) is 0 Å². The SMILES string of the molecule is CNCCC(C)N(C)C(C)C. The van der Waals surface area contributed by atoms with E-state index >= 15 is 0 Å². The van der Waals surface area contributed by atoms with Gasteiger partial charge in [-0.05, 0) is 47.8 Å². The summed E-state index contributed by atoms with van der Waals surface area (Å²) in [5.74, 6) is 0. The van der Waals surface area contributed by atoms with Crippen molar-refractivity contribution in [3.63, 3.8) is 0 Å². The van der Waals surface area contributed by atoms with E-state index in [1.807, 2.05) is 7.05 Å². The van der Waals surface area contributed by atoms with Gasteiger partial charge in [-0.3, -0.25) is 0 Å². The van der Waals surface area contributed by atoms with Gasteiger partial charge in [-0.2, -0.15) is 0 Å². The van der Waals surface area contributed by atoms with Gasteiger partial charge >= 0.3 is 0 Å². The Labute approximate surface area is 71.0 Å². The summed E-state index contributed by atoms with van der Waals surface area (Å²) >= 11 is 0. The number of rotatable bonds is 5. The first-order chi connectivity index (χ1) is 5.09. The van der Waals surface area contributed by atoms with Crippen LogP contribution in [0.4, 0.5) is 0 Å². The van der Waals surface area contributed by atoms with Crippen molar-refractivity contribution in [2.75, 3.05) is 20.6 Å². The molecule has 0 aliphatic rings. The lowest BCUT2D eigenvalue weighted by Gasteiger charge is -2.28. The molecule has 0 aliphatic heterocycles. The third-order valence-electron chi connectivity index (χ3n) is 2.32. The van der Waals surface area contributed by atoms with Crippen molar-refractivity contribution in [2.45, 2.75) is 39.3 Å². The summed E-state index contributed by atoms with van der Waals surface area (Å²) in [7, 11) is 4.19. The van der Waals surface area contributed by atoms with Gasteiger partial charge in [0, 0.05) is 12.1 Å². The Kier molecular flexibility index (Phi) is 5.51. The summed E-state index contributed by atoms with van der Waals surface area (Å²) in [5.41, 5.74) is 0. The minimum absolute atomic E-state index is 0.654. The van der Waals surface area contributed by atoms with Gasteiger partial charge < -0.3 is 10.2 Å². The van der Waals surface area contributed by atoms with Crippen LogP contribution in [0.3, 0.4) is 0 Å². The molecule has 0 amide bonds. The monoisotopic (exact) mass is 158 g/mol. The first-order valence-electron chi connectivity index (χ1n) is 4.46. The Balaban J connectivity index is 3.55. The van der Waals surface area contributed by atoms with E-state index in [1.54, 1.807) is 0 Å². The molecule has 1 N–H and O–H groups in total. The second kappa shape index (κ2) is 5.56. The molecule has 0 spiro atoms. The maximum Gasteiger partial charge on any atom is 0.00786 e. The molecule has 11 heavy (non-hydrogen) atoms. The van der Waals surface area contributed by atoms with E-state index in [0.29, 0.717) is 12.1 Å². The molecule has 0 aromatic rings. The maximum atomic E-state index is 3.17. The Morgan fingerprint density at radius 3 is 2.18 bits per heavy atom. The Bertz CT molecular complexity index is 91.6. The average Bonchev–Trinajstić information content (AvgIpc) is 1.98. The number of hydrogen-bond donors (Lipinski definition) is 1. The standard InChI is InChI=1S/C9H22N2/c1-8(2)11(5)9(3)6-7-10-4/h8-10H,6-7H2,1-5H3. The number of hydrogen-bond acceptors (Lipinski definition) is 2. The molecule has 0 radical (unpaired) electrons. The van der Waals surface area contributed by atoms with Gasteiger partial charge in [-0.15, -0.1) is 0 Å². The van der Waals surface area contributed by atoms with Gasteiger partial charge in [0.05, 0.1) is 0 Å². The predicted octanol–water partition coefficient (Wildman–Crippen LogP) is 1.32. The van der Waals surface area contributed by atoms with Crippen molar-refractivity contribution in [1.82, 2.24) is 10.2 Å². The summed E-state index contributed by atoms with van der Waals surface area (Å²) < 4.78 is 0. The lowest BCUT2D eigenvalue weighted by atomic mass is 10.2. The summed E-state index contributed by atoms with van der Waals surface area (Å²) in [6.45, 7) is 7.85. The quantitative estimate of drug-likeness (QED) is 0.649. The second-order valence-corrected chi connectivity index (χ2v) is 3.50. The maximum absolute atomic E-state index is 3.17. The molecule has 0 saturated heterocycles. The van der Waals surface area contributed by atoms with Crippen LogP contribution < -0.4 is 5.32 Å². The zero-order valence-electron chi connectivity index (χ0n) is 8.52. The van der Waals surface area contributed by atoms with Crippen molar-refractivity contribution in [2.24, 2.45) is 0 Å². The highest BCUT2D eigenvalue weighted by Gasteiger charge is 2.10. The van der Waals surface area contributed by atoms with E-state index < -0.39 is 0 Å². The molecule has 1 atom stereocenters. The zero-order valence-corrected chi connectivity index (χ0v) is 8.52. The highest BCUT2D eigenvalue weighted by atomic mass is 15.1. The first-order valence-corrected chi connectivity index (χ1v) is 4.46. The molecule has 2 heteroatoms. The Morgan fingerprint density at radius 2 is 1.82 bits per heavy atom. The van der Waals surface area contributed by atoms with Crippen LogP contribution in [0.25, 0.3) is 0 Å².